The first-order valence-corrected chi connectivity index (χ1v) is 9.11. The number of hydrogen-bond donors (Lipinski definition) is 0. The van der Waals surface area contributed by atoms with E-state index in [0.29, 0.717) is 25.4 Å². The monoisotopic (exact) mass is 330 g/mol. The van der Waals surface area contributed by atoms with Crippen molar-refractivity contribution in [2.75, 3.05) is 19.6 Å². The summed E-state index contributed by atoms with van der Waals surface area (Å²) in [4.78, 5) is 28.5. The van der Waals surface area contributed by atoms with Crippen molar-refractivity contribution in [1.29, 1.82) is 0 Å². The molecule has 2 amide bonds. The number of aryl methyl sites for hydroxylation is 1. The molecular formula is C20H30N2O2. The fourth-order valence-corrected chi connectivity index (χ4v) is 3.29. The van der Waals surface area contributed by atoms with Gasteiger partial charge in [-0.3, -0.25) is 9.59 Å². The largest absolute Gasteiger partial charge is 0.339 e. The van der Waals surface area contributed by atoms with Crippen LogP contribution in [-0.4, -0.2) is 47.3 Å². The number of hydrogen-bond acceptors (Lipinski definition) is 2. The van der Waals surface area contributed by atoms with Gasteiger partial charge in [-0.2, -0.15) is 0 Å². The van der Waals surface area contributed by atoms with Gasteiger partial charge < -0.3 is 9.80 Å². The minimum Gasteiger partial charge on any atom is -0.339 e. The van der Waals surface area contributed by atoms with Crippen LogP contribution in [0.25, 0.3) is 0 Å². The van der Waals surface area contributed by atoms with E-state index < -0.39 is 0 Å². The quantitative estimate of drug-likeness (QED) is 0.721. The molecule has 24 heavy (non-hydrogen) atoms. The van der Waals surface area contributed by atoms with Gasteiger partial charge in [-0.15, -0.1) is 0 Å². The van der Waals surface area contributed by atoms with Gasteiger partial charge in [0.2, 0.25) is 11.8 Å². The van der Waals surface area contributed by atoms with Crippen molar-refractivity contribution in [2.45, 2.75) is 52.5 Å². The Morgan fingerprint density at radius 3 is 2.54 bits per heavy atom. The summed E-state index contributed by atoms with van der Waals surface area (Å²) in [5.41, 5.74) is 1.32. The van der Waals surface area contributed by atoms with Gasteiger partial charge in [0, 0.05) is 26.1 Å². The Morgan fingerprint density at radius 1 is 1.17 bits per heavy atom. The standard InChI is InChI=1S/C20H30N2O2/c1-16(2)15-21-13-14-22(17(3)20(21)24)19(23)12-8-7-11-18-9-5-4-6-10-18/h4-6,9-10,16-17H,7-8,11-15H2,1-3H3/t17-/m0/s1. The van der Waals surface area contributed by atoms with Crippen molar-refractivity contribution in [1.82, 2.24) is 9.80 Å². The Labute approximate surface area is 145 Å². The molecule has 0 aliphatic carbocycles. The predicted molar refractivity (Wildman–Crippen MR) is 96.6 cm³/mol. The van der Waals surface area contributed by atoms with Crippen molar-refractivity contribution >= 4 is 11.8 Å². The molecule has 1 saturated heterocycles. The van der Waals surface area contributed by atoms with Gasteiger partial charge >= 0.3 is 0 Å². The lowest BCUT2D eigenvalue weighted by molar-refractivity contribution is -0.151. The molecule has 1 aromatic rings. The predicted octanol–water partition coefficient (Wildman–Crippen LogP) is 3.11. The number of nitrogens with zero attached hydrogens (tertiary/aromatic N) is 2. The van der Waals surface area contributed by atoms with Gasteiger partial charge in [-0.05, 0) is 37.7 Å². The normalized spacial score (nSPS) is 18.3. The van der Waals surface area contributed by atoms with Gasteiger partial charge in [-0.25, -0.2) is 0 Å². The lowest BCUT2D eigenvalue weighted by Gasteiger charge is -2.39. The average Bonchev–Trinajstić information content (AvgIpc) is 2.56. The van der Waals surface area contributed by atoms with Gasteiger partial charge in [0.05, 0.1) is 0 Å². The highest BCUT2D eigenvalue weighted by atomic mass is 16.2. The third-order valence-electron chi connectivity index (χ3n) is 4.60. The summed E-state index contributed by atoms with van der Waals surface area (Å²) in [6.45, 7) is 8.19. The Morgan fingerprint density at radius 2 is 1.88 bits per heavy atom. The van der Waals surface area contributed by atoms with Gasteiger partial charge in [0.1, 0.15) is 6.04 Å². The molecule has 4 nitrogen and oxygen atoms in total. The molecule has 1 aliphatic heterocycles. The van der Waals surface area contributed by atoms with Gasteiger partial charge in [0.15, 0.2) is 0 Å². The highest BCUT2D eigenvalue weighted by Crippen LogP contribution is 2.16. The Kier molecular flexibility index (Phi) is 6.83. The number of carbonyl (C=O) groups is 2. The molecule has 0 bridgehead atoms. The molecule has 1 aliphatic rings. The third kappa shape index (κ3) is 5.08. The second-order valence-corrected chi connectivity index (χ2v) is 7.13. The zero-order valence-electron chi connectivity index (χ0n) is 15.2. The van der Waals surface area contributed by atoms with E-state index in [0.717, 1.165) is 25.8 Å². The van der Waals surface area contributed by atoms with Crippen LogP contribution < -0.4 is 0 Å². The molecule has 1 aromatic carbocycles. The van der Waals surface area contributed by atoms with Crippen LogP contribution in [0, 0.1) is 5.92 Å². The van der Waals surface area contributed by atoms with E-state index in [1.54, 1.807) is 4.90 Å². The van der Waals surface area contributed by atoms with E-state index in [-0.39, 0.29) is 17.9 Å². The highest BCUT2D eigenvalue weighted by Gasteiger charge is 2.33. The number of unbranched alkanes of at least 4 members (excludes halogenated alkanes) is 1. The Bertz CT molecular complexity index is 542. The number of amides is 2. The summed E-state index contributed by atoms with van der Waals surface area (Å²) in [5, 5.41) is 0. The van der Waals surface area contributed by atoms with E-state index >= 15 is 0 Å². The smallest absolute Gasteiger partial charge is 0.245 e. The first-order valence-electron chi connectivity index (χ1n) is 9.11. The SMILES string of the molecule is CC(C)CN1CCN(C(=O)CCCCc2ccccc2)[C@@H](C)C1=O. The second kappa shape index (κ2) is 8.86. The maximum atomic E-state index is 12.4. The summed E-state index contributed by atoms with van der Waals surface area (Å²) in [6.07, 6.45) is 3.42. The number of benzene rings is 1. The molecule has 0 spiro atoms. The fourth-order valence-electron chi connectivity index (χ4n) is 3.29. The summed E-state index contributed by atoms with van der Waals surface area (Å²) < 4.78 is 0. The van der Waals surface area contributed by atoms with Crippen LogP contribution in [-0.2, 0) is 16.0 Å². The molecule has 0 aromatic heterocycles. The average molecular weight is 330 g/mol. The first kappa shape index (κ1) is 18.5. The number of piperazine rings is 1. The summed E-state index contributed by atoms with van der Waals surface area (Å²) in [6, 6.07) is 10.0. The van der Waals surface area contributed by atoms with E-state index in [2.05, 4.69) is 26.0 Å². The van der Waals surface area contributed by atoms with Gasteiger partial charge in [0.25, 0.3) is 0 Å². The van der Waals surface area contributed by atoms with Crippen LogP contribution >= 0.6 is 0 Å². The minimum atomic E-state index is -0.320. The molecule has 1 fully saturated rings. The zero-order chi connectivity index (χ0) is 17.5. The maximum Gasteiger partial charge on any atom is 0.245 e. The lowest BCUT2D eigenvalue weighted by atomic mass is 10.1. The fraction of sp³-hybridized carbons (Fsp3) is 0.600. The third-order valence-corrected chi connectivity index (χ3v) is 4.60. The van der Waals surface area contributed by atoms with E-state index in [1.165, 1.54) is 5.56 Å². The van der Waals surface area contributed by atoms with Gasteiger partial charge in [-0.1, -0.05) is 44.2 Å². The van der Waals surface area contributed by atoms with Crippen molar-refractivity contribution in [3.05, 3.63) is 35.9 Å². The van der Waals surface area contributed by atoms with Crippen LogP contribution in [0.2, 0.25) is 0 Å². The molecule has 0 saturated carbocycles. The summed E-state index contributed by atoms with van der Waals surface area (Å²) >= 11 is 0. The van der Waals surface area contributed by atoms with Crippen molar-refractivity contribution in [3.8, 4) is 0 Å². The van der Waals surface area contributed by atoms with E-state index in [9.17, 15) is 9.59 Å². The summed E-state index contributed by atoms with van der Waals surface area (Å²) in [5.74, 6) is 0.669. The second-order valence-electron chi connectivity index (χ2n) is 7.13. The molecule has 1 atom stereocenters. The first-order chi connectivity index (χ1) is 11.5. The molecule has 132 valence electrons. The maximum absolute atomic E-state index is 12.4. The van der Waals surface area contributed by atoms with Crippen LogP contribution in [0.4, 0.5) is 0 Å². The number of carbonyl (C=O) groups excluding carboxylic acids is 2. The van der Waals surface area contributed by atoms with Crippen LogP contribution in [0.3, 0.4) is 0 Å². The van der Waals surface area contributed by atoms with Crippen LogP contribution in [0.15, 0.2) is 30.3 Å². The Hall–Kier alpha value is -1.84. The van der Waals surface area contributed by atoms with E-state index in [1.807, 2.05) is 30.0 Å². The van der Waals surface area contributed by atoms with Crippen LogP contribution in [0.1, 0.15) is 45.6 Å². The molecule has 0 unspecified atom stereocenters. The zero-order valence-corrected chi connectivity index (χ0v) is 15.2. The topological polar surface area (TPSA) is 40.6 Å². The highest BCUT2D eigenvalue weighted by molar-refractivity contribution is 5.88. The number of rotatable bonds is 7. The molecule has 0 radical (unpaired) electrons. The van der Waals surface area contributed by atoms with E-state index in [4.69, 9.17) is 0 Å². The Balaban J connectivity index is 1.75. The minimum absolute atomic E-state index is 0.0904. The lowest BCUT2D eigenvalue weighted by Crippen LogP contribution is -2.58. The molecule has 2 rings (SSSR count). The summed E-state index contributed by atoms with van der Waals surface area (Å²) in [7, 11) is 0. The van der Waals surface area contributed by atoms with Crippen molar-refractivity contribution < 1.29 is 9.59 Å². The molecule has 0 N–H and O–H groups in total. The molecular weight excluding hydrogens is 300 g/mol. The molecule has 1 heterocycles. The van der Waals surface area contributed by atoms with Crippen molar-refractivity contribution in [3.63, 3.8) is 0 Å². The van der Waals surface area contributed by atoms with Crippen LogP contribution in [0.5, 0.6) is 0 Å². The molecule has 4 heteroatoms. The van der Waals surface area contributed by atoms with Crippen molar-refractivity contribution in [2.24, 2.45) is 5.92 Å².